The molecule has 1 N–H and O–H groups in total. The highest BCUT2D eigenvalue weighted by molar-refractivity contribution is 6.33. The fourth-order valence-electron chi connectivity index (χ4n) is 1.30. The van der Waals surface area contributed by atoms with Crippen LogP contribution in [0.5, 0.6) is 0 Å². The van der Waals surface area contributed by atoms with Crippen LogP contribution < -0.4 is 0 Å². The van der Waals surface area contributed by atoms with Crippen LogP contribution in [-0.4, -0.2) is 11.1 Å². The van der Waals surface area contributed by atoms with Crippen molar-refractivity contribution < 1.29 is 14.3 Å². The Kier molecular flexibility index (Phi) is 2.47. The molecule has 0 unspecified atom stereocenters. The van der Waals surface area contributed by atoms with E-state index < -0.39 is 5.97 Å². The Labute approximate surface area is 90.9 Å². The number of hydrogen-bond acceptors (Lipinski definition) is 2. The lowest BCUT2D eigenvalue weighted by molar-refractivity contribution is 0.0697. The van der Waals surface area contributed by atoms with Crippen molar-refractivity contribution in [2.24, 2.45) is 0 Å². The number of halogens is 1. The van der Waals surface area contributed by atoms with Gasteiger partial charge >= 0.3 is 5.97 Å². The maximum Gasteiger partial charge on any atom is 0.335 e. The number of carboxylic acids is 1. The molecular weight excluding hydrogens is 216 g/mol. The van der Waals surface area contributed by atoms with Crippen LogP contribution in [0.15, 0.2) is 41.2 Å². The standard InChI is InChI=1S/C11H7ClO3/c12-10-5-7(11(13)14)1-2-9(10)8-3-4-15-6-8/h1-6H,(H,13,14). The first-order chi connectivity index (χ1) is 7.18. The maximum absolute atomic E-state index is 10.7. The highest BCUT2D eigenvalue weighted by Gasteiger charge is 2.08. The summed E-state index contributed by atoms with van der Waals surface area (Å²) in [6.45, 7) is 0. The van der Waals surface area contributed by atoms with Gasteiger partial charge in [-0.25, -0.2) is 4.79 Å². The van der Waals surface area contributed by atoms with Gasteiger partial charge in [0.05, 0.1) is 18.1 Å². The van der Waals surface area contributed by atoms with E-state index in [9.17, 15) is 4.79 Å². The van der Waals surface area contributed by atoms with Crippen molar-refractivity contribution in [3.05, 3.63) is 47.4 Å². The summed E-state index contributed by atoms with van der Waals surface area (Å²) in [6.07, 6.45) is 3.10. The molecule has 4 heteroatoms. The Bertz CT molecular complexity index is 489. The van der Waals surface area contributed by atoms with E-state index in [1.807, 2.05) is 0 Å². The average molecular weight is 223 g/mol. The number of rotatable bonds is 2. The van der Waals surface area contributed by atoms with Crippen molar-refractivity contribution in [1.29, 1.82) is 0 Å². The third kappa shape index (κ3) is 1.87. The predicted molar refractivity (Wildman–Crippen MR) is 56.1 cm³/mol. The molecule has 0 aliphatic rings. The number of aromatic carboxylic acids is 1. The number of carbonyl (C=O) groups is 1. The second-order valence-electron chi connectivity index (χ2n) is 3.01. The van der Waals surface area contributed by atoms with Crippen LogP contribution in [0, 0.1) is 0 Å². The van der Waals surface area contributed by atoms with E-state index in [-0.39, 0.29) is 5.56 Å². The molecule has 0 saturated carbocycles. The molecule has 0 aliphatic heterocycles. The third-order valence-corrected chi connectivity index (χ3v) is 2.36. The summed E-state index contributed by atoms with van der Waals surface area (Å²) in [6, 6.07) is 6.36. The number of benzene rings is 1. The quantitative estimate of drug-likeness (QED) is 0.848. The highest BCUT2D eigenvalue weighted by Crippen LogP contribution is 2.28. The van der Waals surface area contributed by atoms with Gasteiger partial charge in [-0.05, 0) is 18.2 Å². The smallest absolute Gasteiger partial charge is 0.335 e. The van der Waals surface area contributed by atoms with E-state index in [0.29, 0.717) is 5.02 Å². The average Bonchev–Trinajstić information content (AvgIpc) is 2.70. The van der Waals surface area contributed by atoms with Crippen molar-refractivity contribution in [3.63, 3.8) is 0 Å². The van der Waals surface area contributed by atoms with Gasteiger partial charge < -0.3 is 9.52 Å². The van der Waals surface area contributed by atoms with Gasteiger partial charge in [-0.1, -0.05) is 17.7 Å². The van der Waals surface area contributed by atoms with Crippen LogP contribution in [0.4, 0.5) is 0 Å². The topological polar surface area (TPSA) is 50.4 Å². The lowest BCUT2D eigenvalue weighted by Gasteiger charge is -2.02. The van der Waals surface area contributed by atoms with Gasteiger partial charge in [0.15, 0.2) is 0 Å². The van der Waals surface area contributed by atoms with Crippen molar-refractivity contribution in [2.75, 3.05) is 0 Å². The molecule has 2 aromatic rings. The molecule has 0 fully saturated rings. The van der Waals surface area contributed by atoms with Crippen molar-refractivity contribution in [1.82, 2.24) is 0 Å². The Morgan fingerprint density at radius 1 is 1.33 bits per heavy atom. The summed E-state index contributed by atoms with van der Waals surface area (Å²) >= 11 is 5.96. The summed E-state index contributed by atoms with van der Waals surface area (Å²) in [5.41, 5.74) is 1.76. The van der Waals surface area contributed by atoms with Crippen LogP contribution in [0.25, 0.3) is 11.1 Å². The lowest BCUT2D eigenvalue weighted by Crippen LogP contribution is -1.95. The molecular formula is C11H7ClO3. The predicted octanol–water partition coefficient (Wildman–Crippen LogP) is 3.30. The van der Waals surface area contributed by atoms with Crippen LogP contribution in [0.3, 0.4) is 0 Å². The number of carboxylic acid groups (broad SMARTS) is 1. The molecule has 3 nitrogen and oxygen atoms in total. The van der Waals surface area contributed by atoms with Gasteiger partial charge in [0.1, 0.15) is 0 Å². The van der Waals surface area contributed by atoms with Gasteiger partial charge in [-0.2, -0.15) is 0 Å². The van der Waals surface area contributed by atoms with E-state index in [1.165, 1.54) is 18.4 Å². The first-order valence-corrected chi connectivity index (χ1v) is 4.61. The normalized spacial score (nSPS) is 10.2. The zero-order valence-corrected chi connectivity index (χ0v) is 8.36. The minimum Gasteiger partial charge on any atom is -0.478 e. The van der Waals surface area contributed by atoms with Crippen LogP contribution in [0.1, 0.15) is 10.4 Å². The molecule has 2 rings (SSSR count). The van der Waals surface area contributed by atoms with Crippen molar-refractivity contribution in [2.45, 2.75) is 0 Å². The molecule has 0 aliphatic carbocycles. The molecule has 0 amide bonds. The van der Waals surface area contributed by atoms with Crippen LogP contribution >= 0.6 is 11.6 Å². The fraction of sp³-hybridized carbons (Fsp3) is 0. The maximum atomic E-state index is 10.7. The van der Waals surface area contributed by atoms with E-state index >= 15 is 0 Å². The number of furan rings is 1. The second kappa shape index (κ2) is 3.79. The molecule has 0 spiro atoms. The summed E-state index contributed by atoms with van der Waals surface area (Å²) < 4.78 is 4.93. The van der Waals surface area contributed by atoms with Crippen molar-refractivity contribution in [3.8, 4) is 11.1 Å². The second-order valence-corrected chi connectivity index (χ2v) is 3.42. The first kappa shape index (κ1) is 9.80. The zero-order chi connectivity index (χ0) is 10.8. The van der Waals surface area contributed by atoms with E-state index in [0.717, 1.165) is 11.1 Å². The molecule has 0 bridgehead atoms. The molecule has 0 atom stereocenters. The molecule has 1 aromatic carbocycles. The Morgan fingerprint density at radius 3 is 2.67 bits per heavy atom. The van der Waals surface area contributed by atoms with E-state index in [1.54, 1.807) is 18.4 Å². The number of hydrogen-bond donors (Lipinski definition) is 1. The Hall–Kier alpha value is -1.74. The van der Waals surface area contributed by atoms with Gasteiger partial charge in [-0.15, -0.1) is 0 Å². The van der Waals surface area contributed by atoms with E-state index in [2.05, 4.69) is 0 Å². The monoisotopic (exact) mass is 222 g/mol. The van der Waals surface area contributed by atoms with Gasteiger partial charge in [0.2, 0.25) is 0 Å². The van der Waals surface area contributed by atoms with Crippen molar-refractivity contribution >= 4 is 17.6 Å². The lowest BCUT2D eigenvalue weighted by atomic mass is 10.1. The van der Waals surface area contributed by atoms with Gasteiger partial charge in [-0.3, -0.25) is 0 Å². The molecule has 0 saturated heterocycles. The molecule has 0 radical (unpaired) electrons. The summed E-state index contributed by atoms with van der Waals surface area (Å²) in [7, 11) is 0. The molecule has 15 heavy (non-hydrogen) atoms. The van der Waals surface area contributed by atoms with Crippen LogP contribution in [0.2, 0.25) is 5.02 Å². The fourth-order valence-corrected chi connectivity index (χ4v) is 1.59. The van der Waals surface area contributed by atoms with E-state index in [4.69, 9.17) is 21.1 Å². The van der Waals surface area contributed by atoms with Gasteiger partial charge in [0, 0.05) is 16.1 Å². The van der Waals surface area contributed by atoms with Gasteiger partial charge in [0.25, 0.3) is 0 Å². The minimum atomic E-state index is -0.990. The summed E-state index contributed by atoms with van der Waals surface area (Å²) in [4.78, 5) is 10.7. The Balaban J connectivity index is 2.48. The summed E-state index contributed by atoms with van der Waals surface area (Å²) in [5, 5.41) is 9.15. The summed E-state index contributed by atoms with van der Waals surface area (Å²) in [5.74, 6) is -0.990. The highest BCUT2D eigenvalue weighted by atomic mass is 35.5. The third-order valence-electron chi connectivity index (χ3n) is 2.05. The molecule has 1 heterocycles. The SMILES string of the molecule is O=C(O)c1ccc(-c2ccoc2)c(Cl)c1. The molecule has 1 aromatic heterocycles. The Morgan fingerprint density at radius 2 is 2.13 bits per heavy atom. The largest absolute Gasteiger partial charge is 0.478 e. The first-order valence-electron chi connectivity index (χ1n) is 4.24. The minimum absolute atomic E-state index is 0.173. The van der Waals surface area contributed by atoms with Crippen LogP contribution in [-0.2, 0) is 0 Å². The zero-order valence-electron chi connectivity index (χ0n) is 7.61. The molecule has 76 valence electrons.